The highest BCUT2D eigenvalue weighted by molar-refractivity contribution is 7.16. The molecular weight excluding hydrogens is 499 g/mol. The largest absolute Gasteiger partial charge is 0.308 e. The number of anilines is 2. The summed E-state index contributed by atoms with van der Waals surface area (Å²) in [5.74, 6) is -0.914. The maximum atomic E-state index is 14.2. The number of thiazole rings is 1. The zero-order valence-electron chi connectivity index (χ0n) is 21.0. The quantitative estimate of drug-likeness (QED) is 0.375. The molecule has 2 aliphatic heterocycles. The molecule has 3 aromatic carbocycles. The number of carbonyl (C=O) groups is 2. The number of nitrogens with one attached hydrogen (secondary N) is 1. The van der Waals surface area contributed by atoms with Gasteiger partial charge in [0.15, 0.2) is 5.13 Å². The fourth-order valence-electron chi connectivity index (χ4n) is 5.31. The van der Waals surface area contributed by atoms with E-state index in [-0.39, 0.29) is 17.4 Å². The Morgan fingerprint density at radius 1 is 0.974 bits per heavy atom. The molecule has 4 aromatic rings. The smallest absolute Gasteiger partial charge is 0.261 e. The van der Waals surface area contributed by atoms with Crippen molar-refractivity contribution in [1.82, 2.24) is 9.88 Å². The van der Waals surface area contributed by atoms with Crippen LogP contribution in [0.25, 0.3) is 11.3 Å². The van der Waals surface area contributed by atoms with Crippen LogP contribution in [-0.2, 0) is 24.2 Å². The predicted octanol–water partition coefficient (Wildman–Crippen LogP) is 5.46. The number of halogens is 1. The van der Waals surface area contributed by atoms with Crippen LogP contribution in [0, 0.1) is 12.7 Å². The molecule has 38 heavy (non-hydrogen) atoms. The van der Waals surface area contributed by atoms with E-state index < -0.39 is 5.82 Å². The summed E-state index contributed by atoms with van der Waals surface area (Å²) in [5.41, 5.74) is 6.30. The van der Waals surface area contributed by atoms with Crippen molar-refractivity contribution in [3.8, 4) is 11.3 Å². The number of benzene rings is 3. The Balaban J connectivity index is 1.14. The molecule has 2 aliphatic rings. The first-order chi connectivity index (χ1) is 18.5. The molecule has 3 heterocycles. The second-order valence-electron chi connectivity index (χ2n) is 9.73. The second-order valence-corrected chi connectivity index (χ2v) is 10.9. The fourth-order valence-corrected chi connectivity index (χ4v) is 6.16. The molecule has 1 aromatic heterocycles. The molecule has 0 saturated heterocycles. The molecule has 2 amide bonds. The lowest BCUT2D eigenvalue weighted by atomic mass is 10.00. The standard InChI is InChI=1S/C30H27FN4O2S/c1-19-28(33-30(38-19)32-27(36)18-34-14-12-20-6-2-3-7-23(20)17-34)22-10-11-26-21(16-22)13-15-35(26)29(37)24-8-4-5-9-25(24)31/h2-11,16H,12-15,17-18H2,1H3,(H,32,33,36). The summed E-state index contributed by atoms with van der Waals surface area (Å²) < 4.78 is 14.2. The Bertz CT molecular complexity index is 1550. The van der Waals surface area contributed by atoms with Crippen molar-refractivity contribution in [2.45, 2.75) is 26.3 Å². The van der Waals surface area contributed by atoms with Gasteiger partial charge in [0.05, 0.1) is 17.8 Å². The van der Waals surface area contributed by atoms with Crippen molar-refractivity contribution in [2.75, 3.05) is 29.9 Å². The minimum absolute atomic E-state index is 0.0686. The van der Waals surface area contributed by atoms with Gasteiger partial charge in [0.2, 0.25) is 5.91 Å². The van der Waals surface area contributed by atoms with Crippen LogP contribution >= 0.6 is 11.3 Å². The van der Waals surface area contributed by atoms with Crippen LogP contribution in [-0.4, -0.2) is 41.3 Å². The number of fused-ring (bicyclic) bond motifs is 2. The highest BCUT2D eigenvalue weighted by atomic mass is 32.1. The van der Waals surface area contributed by atoms with Crippen LogP contribution < -0.4 is 10.2 Å². The number of carbonyl (C=O) groups excluding carboxylic acids is 2. The van der Waals surface area contributed by atoms with E-state index >= 15 is 0 Å². The summed E-state index contributed by atoms with van der Waals surface area (Å²) in [7, 11) is 0. The third-order valence-corrected chi connectivity index (χ3v) is 8.10. The average molecular weight is 527 g/mol. The topological polar surface area (TPSA) is 65.5 Å². The molecule has 8 heteroatoms. The molecule has 0 unspecified atom stereocenters. The molecular formula is C30H27FN4O2S. The minimum Gasteiger partial charge on any atom is -0.308 e. The molecule has 0 saturated carbocycles. The predicted molar refractivity (Wildman–Crippen MR) is 148 cm³/mol. The zero-order valence-corrected chi connectivity index (χ0v) is 21.9. The van der Waals surface area contributed by atoms with Gasteiger partial charge in [-0.05, 0) is 60.7 Å². The SMILES string of the molecule is Cc1sc(NC(=O)CN2CCc3ccccc3C2)nc1-c1ccc2c(c1)CCN2C(=O)c1ccccc1F. The molecule has 0 radical (unpaired) electrons. The van der Waals surface area contributed by atoms with Gasteiger partial charge in [0.25, 0.3) is 5.91 Å². The van der Waals surface area contributed by atoms with E-state index in [1.807, 2.05) is 31.2 Å². The summed E-state index contributed by atoms with van der Waals surface area (Å²) in [6.45, 7) is 4.46. The first-order valence-corrected chi connectivity index (χ1v) is 13.5. The number of amides is 2. The van der Waals surface area contributed by atoms with E-state index in [2.05, 4.69) is 28.4 Å². The highest BCUT2D eigenvalue weighted by Gasteiger charge is 2.28. The van der Waals surface area contributed by atoms with Crippen molar-refractivity contribution in [3.63, 3.8) is 0 Å². The summed E-state index contributed by atoms with van der Waals surface area (Å²) in [6.07, 6.45) is 1.64. The lowest BCUT2D eigenvalue weighted by Gasteiger charge is -2.27. The van der Waals surface area contributed by atoms with Gasteiger partial charge >= 0.3 is 0 Å². The Hall–Kier alpha value is -3.88. The van der Waals surface area contributed by atoms with Crippen molar-refractivity contribution in [3.05, 3.63) is 99.7 Å². The number of aromatic nitrogens is 1. The first-order valence-electron chi connectivity index (χ1n) is 12.7. The van der Waals surface area contributed by atoms with Crippen LogP contribution in [0.4, 0.5) is 15.2 Å². The van der Waals surface area contributed by atoms with Crippen molar-refractivity contribution in [1.29, 1.82) is 0 Å². The first kappa shape index (κ1) is 24.5. The highest BCUT2D eigenvalue weighted by Crippen LogP contribution is 2.36. The van der Waals surface area contributed by atoms with E-state index in [4.69, 9.17) is 4.98 Å². The van der Waals surface area contributed by atoms with Gasteiger partial charge in [-0.15, -0.1) is 11.3 Å². The van der Waals surface area contributed by atoms with E-state index in [0.717, 1.165) is 46.9 Å². The van der Waals surface area contributed by atoms with Crippen molar-refractivity contribution >= 4 is 34.0 Å². The van der Waals surface area contributed by atoms with Gasteiger partial charge in [0.1, 0.15) is 5.82 Å². The van der Waals surface area contributed by atoms with Gasteiger partial charge in [-0.25, -0.2) is 9.37 Å². The van der Waals surface area contributed by atoms with Crippen molar-refractivity contribution in [2.24, 2.45) is 0 Å². The Kier molecular flexibility index (Phi) is 6.51. The van der Waals surface area contributed by atoms with Gasteiger partial charge in [-0.1, -0.05) is 42.5 Å². The Morgan fingerprint density at radius 3 is 2.58 bits per heavy atom. The van der Waals surface area contributed by atoms with Crippen LogP contribution in [0.5, 0.6) is 0 Å². The third-order valence-electron chi connectivity index (χ3n) is 7.22. The second kappa shape index (κ2) is 10.1. The average Bonchev–Trinajstić information content (AvgIpc) is 3.51. The summed E-state index contributed by atoms with van der Waals surface area (Å²) in [4.78, 5) is 35.3. The number of hydrogen-bond donors (Lipinski definition) is 1. The van der Waals surface area contributed by atoms with Crippen LogP contribution in [0.3, 0.4) is 0 Å². The number of aryl methyl sites for hydroxylation is 1. The fraction of sp³-hybridized carbons (Fsp3) is 0.233. The van der Waals surface area contributed by atoms with Gasteiger partial charge in [-0.2, -0.15) is 0 Å². The minimum atomic E-state index is -0.514. The van der Waals surface area contributed by atoms with E-state index in [0.29, 0.717) is 24.6 Å². The summed E-state index contributed by atoms with van der Waals surface area (Å²) >= 11 is 1.46. The van der Waals surface area contributed by atoms with Gasteiger partial charge < -0.3 is 10.2 Å². The third kappa shape index (κ3) is 4.73. The normalized spacial score (nSPS) is 14.7. The Morgan fingerprint density at radius 2 is 1.74 bits per heavy atom. The van der Waals surface area contributed by atoms with Gasteiger partial charge in [0, 0.05) is 35.8 Å². The molecule has 0 aliphatic carbocycles. The monoisotopic (exact) mass is 526 g/mol. The molecule has 1 N–H and O–H groups in total. The molecule has 6 rings (SSSR count). The molecule has 0 spiro atoms. The van der Waals surface area contributed by atoms with E-state index in [1.54, 1.807) is 17.0 Å². The molecule has 6 nitrogen and oxygen atoms in total. The summed E-state index contributed by atoms with van der Waals surface area (Å²) in [5, 5.41) is 3.56. The molecule has 0 bridgehead atoms. The van der Waals surface area contributed by atoms with Gasteiger partial charge in [-0.3, -0.25) is 14.5 Å². The lowest BCUT2D eigenvalue weighted by Crippen LogP contribution is -2.37. The number of nitrogens with zero attached hydrogens (tertiary/aromatic N) is 3. The number of rotatable bonds is 5. The van der Waals surface area contributed by atoms with E-state index in [1.165, 1.54) is 34.6 Å². The maximum Gasteiger partial charge on any atom is 0.261 e. The number of hydrogen-bond acceptors (Lipinski definition) is 5. The molecule has 0 fully saturated rings. The van der Waals surface area contributed by atoms with Crippen LogP contribution in [0.1, 0.15) is 31.9 Å². The molecule has 192 valence electrons. The Labute approximate surface area is 224 Å². The lowest BCUT2D eigenvalue weighted by molar-refractivity contribution is -0.117. The van der Waals surface area contributed by atoms with E-state index in [9.17, 15) is 14.0 Å². The van der Waals surface area contributed by atoms with Crippen LogP contribution in [0.2, 0.25) is 0 Å². The summed E-state index contributed by atoms with van der Waals surface area (Å²) in [6, 6.07) is 20.3. The zero-order chi connectivity index (χ0) is 26.2. The molecule has 0 atom stereocenters. The maximum absolute atomic E-state index is 14.2. The van der Waals surface area contributed by atoms with Crippen molar-refractivity contribution < 1.29 is 14.0 Å². The van der Waals surface area contributed by atoms with Crippen LogP contribution in [0.15, 0.2) is 66.7 Å².